The molecule has 208 valence electrons. The standard InChI is InChI=1S/C28H30Cl2FN3O4S/c1-3-15-32-28(36)26(17-20-7-5-4-6-8-20)33(18-21-9-14-24(29)25(30)16-21)27(35)19-34(39(2,37)38)23-12-10-22(31)11-13-23/h4-14,16,26H,3,15,17-19H2,1-2H3,(H,32,36)/t26-/m1/s1. The Kier molecular flexibility index (Phi) is 10.7. The number of halogens is 3. The van der Waals surface area contributed by atoms with Crippen LogP contribution in [0.3, 0.4) is 0 Å². The Balaban J connectivity index is 2.05. The second-order valence-electron chi connectivity index (χ2n) is 9.01. The molecular weight excluding hydrogens is 564 g/mol. The van der Waals surface area contributed by atoms with Crippen LogP contribution in [0.4, 0.5) is 10.1 Å². The summed E-state index contributed by atoms with van der Waals surface area (Å²) in [6, 6.07) is 17.9. The minimum atomic E-state index is -3.94. The molecule has 0 aliphatic rings. The van der Waals surface area contributed by atoms with Gasteiger partial charge in [0.2, 0.25) is 21.8 Å². The van der Waals surface area contributed by atoms with Crippen molar-refractivity contribution in [3.63, 3.8) is 0 Å². The van der Waals surface area contributed by atoms with Crippen molar-refractivity contribution in [2.45, 2.75) is 32.4 Å². The largest absolute Gasteiger partial charge is 0.354 e. The lowest BCUT2D eigenvalue weighted by atomic mass is 10.0. The van der Waals surface area contributed by atoms with E-state index in [1.807, 2.05) is 37.3 Å². The smallest absolute Gasteiger partial charge is 0.244 e. The third-order valence-corrected chi connectivity index (χ3v) is 7.83. The highest BCUT2D eigenvalue weighted by atomic mass is 35.5. The molecule has 0 saturated carbocycles. The molecule has 1 N–H and O–H groups in total. The van der Waals surface area contributed by atoms with E-state index in [1.54, 1.807) is 18.2 Å². The average molecular weight is 595 g/mol. The summed E-state index contributed by atoms with van der Waals surface area (Å²) in [6.07, 6.45) is 1.85. The SMILES string of the molecule is CCCNC(=O)[C@@H](Cc1ccccc1)N(Cc1ccc(Cl)c(Cl)c1)C(=O)CN(c1ccc(F)cc1)S(C)(=O)=O. The molecule has 0 radical (unpaired) electrons. The molecule has 2 amide bonds. The van der Waals surface area contributed by atoms with Gasteiger partial charge in [0.15, 0.2) is 0 Å². The molecule has 3 aromatic rings. The third kappa shape index (κ3) is 8.68. The van der Waals surface area contributed by atoms with Crippen LogP contribution < -0.4 is 9.62 Å². The van der Waals surface area contributed by atoms with Crippen molar-refractivity contribution in [3.8, 4) is 0 Å². The van der Waals surface area contributed by atoms with E-state index in [1.165, 1.54) is 17.0 Å². The summed E-state index contributed by atoms with van der Waals surface area (Å²) in [6.45, 7) is 1.69. The van der Waals surface area contributed by atoms with Gasteiger partial charge in [-0.05, 0) is 53.9 Å². The molecule has 11 heteroatoms. The Morgan fingerprint density at radius 2 is 1.62 bits per heavy atom. The molecule has 0 aliphatic carbocycles. The average Bonchev–Trinajstić information content (AvgIpc) is 2.90. The first-order chi connectivity index (χ1) is 18.5. The fourth-order valence-electron chi connectivity index (χ4n) is 3.98. The first-order valence-electron chi connectivity index (χ1n) is 12.3. The Hall–Kier alpha value is -3.14. The molecule has 0 heterocycles. The monoisotopic (exact) mass is 593 g/mol. The lowest BCUT2D eigenvalue weighted by Crippen LogP contribution is -2.53. The maximum Gasteiger partial charge on any atom is 0.244 e. The van der Waals surface area contributed by atoms with Gasteiger partial charge in [-0.15, -0.1) is 0 Å². The van der Waals surface area contributed by atoms with Crippen LogP contribution in [0.1, 0.15) is 24.5 Å². The summed E-state index contributed by atoms with van der Waals surface area (Å²) in [4.78, 5) is 28.7. The van der Waals surface area contributed by atoms with E-state index in [0.29, 0.717) is 23.6 Å². The Labute approximate surface area is 238 Å². The van der Waals surface area contributed by atoms with Gasteiger partial charge < -0.3 is 10.2 Å². The molecule has 0 fully saturated rings. The van der Waals surface area contributed by atoms with Crippen LogP contribution in [0.2, 0.25) is 10.0 Å². The molecule has 0 bridgehead atoms. The van der Waals surface area contributed by atoms with Gasteiger partial charge in [-0.2, -0.15) is 0 Å². The van der Waals surface area contributed by atoms with Crippen molar-refractivity contribution >= 4 is 50.7 Å². The molecule has 0 aliphatic heterocycles. The van der Waals surface area contributed by atoms with E-state index in [4.69, 9.17) is 23.2 Å². The Morgan fingerprint density at radius 1 is 0.949 bits per heavy atom. The fourth-order valence-corrected chi connectivity index (χ4v) is 5.15. The number of carbonyl (C=O) groups excluding carboxylic acids is 2. The first kappa shape index (κ1) is 30.4. The van der Waals surface area contributed by atoms with Crippen molar-refractivity contribution in [2.24, 2.45) is 0 Å². The van der Waals surface area contributed by atoms with Crippen molar-refractivity contribution in [3.05, 3.63) is 99.8 Å². The summed E-state index contributed by atoms with van der Waals surface area (Å²) in [5, 5.41) is 3.47. The molecule has 1 atom stereocenters. The maximum absolute atomic E-state index is 13.9. The lowest BCUT2D eigenvalue weighted by Gasteiger charge is -2.33. The number of nitrogens with one attached hydrogen (secondary N) is 1. The van der Waals surface area contributed by atoms with Crippen LogP contribution in [0.5, 0.6) is 0 Å². The zero-order valence-electron chi connectivity index (χ0n) is 21.6. The predicted molar refractivity (Wildman–Crippen MR) is 153 cm³/mol. The normalized spacial score (nSPS) is 12.0. The molecule has 0 spiro atoms. The molecule has 0 aromatic heterocycles. The van der Waals surface area contributed by atoms with Gasteiger partial charge in [0.05, 0.1) is 22.0 Å². The minimum Gasteiger partial charge on any atom is -0.354 e. The zero-order chi connectivity index (χ0) is 28.6. The Morgan fingerprint density at radius 3 is 2.21 bits per heavy atom. The van der Waals surface area contributed by atoms with Crippen LogP contribution >= 0.6 is 23.2 Å². The van der Waals surface area contributed by atoms with Crippen molar-refractivity contribution in [1.29, 1.82) is 0 Å². The number of amides is 2. The van der Waals surface area contributed by atoms with E-state index in [9.17, 15) is 22.4 Å². The lowest BCUT2D eigenvalue weighted by molar-refractivity contribution is -0.140. The molecular formula is C28H30Cl2FN3O4S. The van der Waals surface area contributed by atoms with Crippen LogP contribution in [0, 0.1) is 5.82 Å². The zero-order valence-corrected chi connectivity index (χ0v) is 23.9. The maximum atomic E-state index is 13.9. The number of benzene rings is 3. The summed E-state index contributed by atoms with van der Waals surface area (Å²) in [5.74, 6) is -1.54. The van der Waals surface area contributed by atoms with Gasteiger partial charge in [0.1, 0.15) is 18.4 Å². The van der Waals surface area contributed by atoms with Crippen molar-refractivity contribution in [1.82, 2.24) is 10.2 Å². The minimum absolute atomic E-state index is 0.0339. The number of anilines is 1. The van der Waals surface area contributed by atoms with E-state index < -0.39 is 34.3 Å². The molecule has 3 rings (SSSR count). The first-order valence-corrected chi connectivity index (χ1v) is 14.9. The molecule has 0 saturated heterocycles. The summed E-state index contributed by atoms with van der Waals surface area (Å²) >= 11 is 12.3. The number of carbonyl (C=O) groups is 2. The summed E-state index contributed by atoms with van der Waals surface area (Å²) < 4.78 is 39.8. The third-order valence-electron chi connectivity index (χ3n) is 5.95. The van der Waals surface area contributed by atoms with Crippen molar-refractivity contribution < 1.29 is 22.4 Å². The van der Waals surface area contributed by atoms with E-state index in [-0.39, 0.29) is 29.6 Å². The van der Waals surface area contributed by atoms with E-state index in [0.717, 1.165) is 28.3 Å². The van der Waals surface area contributed by atoms with Gasteiger partial charge >= 0.3 is 0 Å². The number of rotatable bonds is 12. The highest BCUT2D eigenvalue weighted by molar-refractivity contribution is 7.92. The van der Waals surface area contributed by atoms with Crippen LogP contribution in [-0.2, 0) is 32.6 Å². The van der Waals surface area contributed by atoms with Gasteiger partial charge in [0, 0.05) is 19.5 Å². The number of hydrogen-bond acceptors (Lipinski definition) is 4. The molecule has 39 heavy (non-hydrogen) atoms. The highest BCUT2D eigenvalue weighted by Crippen LogP contribution is 2.25. The van der Waals surface area contributed by atoms with Crippen molar-refractivity contribution in [2.75, 3.05) is 23.7 Å². The van der Waals surface area contributed by atoms with E-state index in [2.05, 4.69) is 5.32 Å². The number of sulfonamides is 1. The van der Waals surface area contributed by atoms with Crippen LogP contribution in [0.15, 0.2) is 72.8 Å². The summed E-state index contributed by atoms with van der Waals surface area (Å²) in [7, 11) is -3.94. The second kappa shape index (κ2) is 13.8. The van der Waals surface area contributed by atoms with Gasteiger partial charge in [0.25, 0.3) is 0 Å². The van der Waals surface area contributed by atoms with Gasteiger partial charge in [-0.25, -0.2) is 12.8 Å². The van der Waals surface area contributed by atoms with Gasteiger partial charge in [-0.3, -0.25) is 13.9 Å². The Bertz CT molecular complexity index is 1390. The topological polar surface area (TPSA) is 86.8 Å². The number of nitrogens with zero attached hydrogens (tertiary/aromatic N) is 2. The summed E-state index contributed by atoms with van der Waals surface area (Å²) in [5.41, 5.74) is 1.54. The number of hydrogen-bond donors (Lipinski definition) is 1. The molecule has 0 unspecified atom stereocenters. The quantitative estimate of drug-likeness (QED) is 0.318. The molecule has 7 nitrogen and oxygen atoms in total. The predicted octanol–water partition coefficient (Wildman–Crippen LogP) is 5.06. The second-order valence-corrected chi connectivity index (χ2v) is 11.7. The van der Waals surface area contributed by atoms with Gasteiger partial charge in [-0.1, -0.05) is 66.5 Å². The molecule has 3 aromatic carbocycles. The van der Waals surface area contributed by atoms with Crippen LogP contribution in [0.25, 0.3) is 0 Å². The fraction of sp³-hybridized carbons (Fsp3) is 0.286. The van der Waals surface area contributed by atoms with Crippen LogP contribution in [-0.4, -0.2) is 50.5 Å². The van der Waals surface area contributed by atoms with E-state index >= 15 is 0 Å². The highest BCUT2D eigenvalue weighted by Gasteiger charge is 2.33.